The largest absolute Gasteiger partial charge is 0.483 e. The van der Waals surface area contributed by atoms with Gasteiger partial charge in [0.25, 0.3) is 12.4 Å². The number of carbonyl (C=O) groups excluding carboxylic acids is 1. The van der Waals surface area contributed by atoms with Gasteiger partial charge in [-0.05, 0) is 48.9 Å². The van der Waals surface area contributed by atoms with E-state index in [0.29, 0.717) is 22.8 Å². The van der Waals surface area contributed by atoms with Gasteiger partial charge in [0.05, 0.1) is 0 Å². The number of carbonyl (C=O) groups is 2. The Labute approximate surface area is 172 Å². The van der Waals surface area contributed by atoms with Crippen LogP contribution in [0.5, 0.6) is 0 Å². The van der Waals surface area contributed by atoms with Gasteiger partial charge in [-0.15, -0.1) is 0 Å². The highest BCUT2D eigenvalue weighted by atomic mass is 35.5. The van der Waals surface area contributed by atoms with Crippen LogP contribution in [0.1, 0.15) is 35.4 Å². The number of piperidine rings is 1. The summed E-state index contributed by atoms with van der Waals surface area (Å²) in [7, 11) is 0. The van der Waals surface area contributed by atoms with Gasteiger partial charge in [0.1, 0.15) is 5.69 Å². The van der Waals surface area contributed by atoms with E-state index in [9.17, 15) is 13.6 Å². The van der Waals surface area contributed by atoms with E-state index in [0.717, 1.165) is 24.8 Å². The molecule has 2 aromatic rings. The standard InChI is InChI=1S/C18H21ClF2N4O.CH2O2/c19-14-3-1-2-12(10-14)11-15(22)13-5-8-24(9-6-13)17(26)16-4-7-23-25(16)18(20)21;2-1-3/h1-4,7,10,13,15,18H,5-6,8-9,11,22H2;1H,(H,2,3). The minimum Gasteiger partial charge on any atom is -0.483 e. The van der Waals surface area contributed by atoms with E-state index in [2.05, 4.69) is 5.10 Å². The average molecular weight is 429 g/mol. The molecule has 1 saturated heterocycles. The van der Waals surface area contributed by atoms with E-state index >= 15 is 0 Å². The van der Waals surface area contributed by atoms with Gasteiger partial charge in [0.15, 0.2) is 0 Å². The van der Waals surface area contributed by atoms with Gasteiger partial charge in [0, 0.05) is 30.4 Å². The summed E-state index contributed by atoms with van der Waals surface area (Å²) in [4.78, 5) is 22.4. The number of hydrogen-bond donors (Lipinski definition) is 2. The number of carboxylic acid groups (broad SMARTS) is 1. The van der Waals surface area contributed by atoms with Crippen molar-refractivity contribution in [1.29, 1.82) is 0 Å². The second-order valence-corrected chi connectivity index (χ2v) is 7.11. The van der Waals surface area contributed by atoms with Crippen LogP contribution in [0.3, 0.4) is 0 Å². The van der Waals surface area contributed by atoms with Gasteiger partial charge >= 0.3 is 6.55 Å². The molecule has 29 heavy (non-hydrogen) atoms. The maximum absolute atomic E-state index is 12.9. The molecule has 1 amide bonds. The zero-order valence-electron chi connectivity index (χ0n) is 15.6. The van der Waals surface area contributed by atoms with Crippen molar-refractivity contribution in [2.24, 2.45) is 11.7 Å². The Balaban J connectivity index is 0.000000941. The summed E-state index contributed by atoms with van der Waals surface area (Å²) in [5, 5.41) is 11.1. The van der Waals surface area contributed by atoms with Crippen LogP contribution in [0.4, 0.5) is 8.78 Å². The lowest BCUT2D eigenvalue weighted by Crippen LogP contribution is -2.44. The number of benzene rings is 1. The highest BCUT2D eigenvalue weighted by molar-refractivity contribution is 6.30. The first kappa shape index (κ1) is 22.8. The van der Waals surface area contributed by atoms with Crippen molar-refractivity contribution in [1.82, 2.24) is 14.7 Å². The molecule has 1 aliphatic rings. The molecule has 0 spiro atoms. The van der Waals surface area contributed by atoms with E-state index in [1.165, 1.54) is 12.3 Å². The molecule has 0 aliphatic carbocycles. The minimum absolute atomic E-state index is 0.0303. The Morgan fingerprint density at radius 2 is 2.00 bits per heavy atom. The maximum atomic E-state index is 12.9. The Kier molecular flexibility index (Phi) is 8.53. The molecule has 1 aliphatic heterocycles. The Hall–Kier alpha value is -2.52. The monoisotopic (exact) mass is 428 g/mol. The number of alkyl halides is 2. The number of halogens is 3. The molecule has 1 aromatic heterocycles. The quantitative estimate of drug-likeness (QED) is 0.713. The third-order valence-electron chi connectivity index (χ3n) is 4.87. The van der Waals surface area contributed by atoms with Crippen LogP contribution in [0.15, 0.2) is 36.5 Å². The van der Waals surface area contributed by atoms with Crippen molar-refractivity contribution in [3.63, 3.8) is 0 Å². The van der Waals surface area contributed by atoms with Crippen LogP contribution < -0.4 is 5.73 Å². The summed E-state index contributed by atoms with van der Waals surface area (Å²) in [6.07, 6.45) is 3.43. The van der Waals surface area contributed by atoms with Crippen molar-refractivity contribution >= 4 is 24.0 Å². The van der Waals surface area contributed by atoms with Gasteiger partial charge in [-0.3, -0.25) is 9.59 Å². The predicted molar refractivity (Wildman–Crippen MR) is 104 cm³/mol. The smallest absolute Gasteiger partial charge is 0.333 e. The van der Waals surface area contributed by atoms with Crippen molar-refractivity contribution < 1.29 is 23.5 Å². The number of aromatic nitrogens is 2. The van der Waals surface area contributed by atoms with E-state index in [4.69, 9.17) is 27.2 Å². The lowest BCUT2D eigenvalue weighted by molar-refractivity contribution is -0.122. The van der Waals surface area contributed by atoms with Crippen LogP contribution in [0, 0.1) is 5.92 Å². The van der Waals surface area contributed by atoms with Gasteiger partial charge in [0.2, 0.25) is 0 Å². The molecule has 3 rings (SSSR count). The molecule has 0 saturated carbocycles. The number of likely N-dealkylation sites (tertiary alicyclic amines) is 1. The topological polar surface area (TPSA) is 101 Å². The Bertz CT molecular complexity index is 810. The van der Waals surface area contributed by atoms with E-state index in [-0.39, 0.29) is 24.1 Å². The fraction of sp³-hybridized carbons (Fsp3) is 0.421. The third kappa shape index (κ3) is 6.23. The van der Waals surface area contributed by atoms with Crippen molar-refractivity contribution in [3.8, 4) is 0 Å². The Morgan fingerprint density at radius 3 is 2.59 bits per heavy atom. The highest BCUT2D eigenvalue weighted by Crippen LogP contribution is 2.24. The number of rotatable bonds is 5. The maximum Gasteiger partial charge on any atom is 0.333 e. The molecule has 1 unspecified atom stereocenters. The summed E-state index contributed by atoms with van der Waals surface area (Å²) >= 11 is 6.01. The molecule has 1 fully saturated rings. The number of amides is 1. The molecule has 0 bridgehead atoms. The fourth-order valence-electron chi connectivity index (χ4n) is 3.43. The highest BCUT2D eigenvalue weighted by Gasteiger charge is 2.29. The molecule has 1 aromatic carbocycles. The van der Waals surface area contributed by atoms with E-state index < -0.39 is 12.5 Å². The van der Waals surface area contributed by atoms with Gasteiger partial charge < -0.3 is 15.7 Å². The average Bonchev–Trinajstić information content (AvgIpc) is 3.18. The van der Waals surface area contributed by atoms with Crippen molar-refractivity contribution in [2.45, 2.75) is 31.9 Å². The molecule has 2 heterocycles. The van der Waals surface area contributed by atoms with Crippen LogP contribution in [0.2, 0.25) is 5.02 Å². The first-order chi connectivity index (χ1) is 13.9. The van der Waals surface area contributed by atoms with Crippen LogP contribution in [-0.4, -0.2) is 51.3 Å². The predicted octanol–water partition coefficient (Wildman–Crippen LogP) is 3.05. The lowest BCUT2D eigenvalue weighted by Gasteiger charge is -2.34. The molecule has 1 atom stereocenters. The molecule has 158 valence electrons. The van der Waals surface area contributed by atoms with Gasteiger partial charge in [-0.1, -0.05) is 23.7 Å². The van der Waals surface area contributed by atoms with Crippen LogP contribution in [-0.2, 0) is 11.2 Å². The second kappa shape index (κ2) is 10.9. The minimum atomic E-state index is -2.83. The summed E-state index contributed by atoms with van der Waals surface area (Å²) < 4.78 is 26.2. The van der Waals surface area contributed by atoms with Crippen molar-refractivity contribution in [3.05, 3.63) is 52.8 Å². The lowest BCUT2D eigenvalue weighted by atomic mass is 9.86. The normalized spacial score (nSPS) is 15.6. The third-order valence-corrected chi connectivity index (χ3v) is 5.10. The summed E-state index contributed by atoms with van der Waals surface area (Å²) in [5.74, 6) is -0.136. The van der Waals surface area contributed by atoms with Gasteiger partial charge in [-0.2, -0.15) is 18.6 Å². The molecule has 0 radical (unpaired) electrons. The summed E-state index contributed by atoms with van der Waals surface area (Å²) in [5.41, 5.74) is 7.36. The second-order valence-electron chi connectivity index (χ2n) is 6.67. The summed E-state index contributed by atoms with van der Waals surface area (Å²) in [6, 6.07) is 8.92. The number of nitrogens with zero attached hydrogens (tertiary/aromatic N) is 3. The molecule has 10 heteroatoms. The molecular weight excluding hydrogens is 406 g/mol. The van der Waals surface area contributed by atoms with E-state index in [1.54, 1.807) is 4.90 Å². The molecule has 3 N–H and O–H groups in total. The first-order valence-electron chi connectivity index (χ1n) is 9.06. The van der Waals surface area contributed by atoms with Crippen LogP contribution in [0.25, 0.3) is 0 Å². The molecular formula is C19H23ClF2N4O3. The number of nitrogens with two attached hydrogens (primary N) is 1. The molecule has 7 nitrogen and oxygen atoms in total. The zero-order valence-corrected chi connectivity index (χ0v) is 16.4. The van der Waals surface area contributed by atoms with Gasteiger partial charge in [-0.25, -0.2) is 0 Å². The fourth-order valence-corrected chi connectivity index (χ4v) is 3.65. The summed E-state index contributed by atoms with van der Waals surface area (Å²) in [6.45, 7) is -2.07. The van der Waals surface area contributed by atoms with Crippen molar-refractivity contribution in [2.75, 3.05) is 13.1 Å². The Morgan fingerprint density at radius 1 is 1.34 bits per heavy atom. The number of hydrogen-bond acceptors (Lipinski definition) is 4. The van der Waals surface area contributed by atoms with E-state index in [1.807, 2.05) is 24.3 Å². The SMILES string of the molecule is NC(Cc1cccc(Cl)c1)C1CCN(C(=O)c2ccnn2C(F)F)CC1.O=CO. The zero-order chi connectivity index (χ0) is 21.4. The first-order valence-corrected chi connectivity index (χ1v) is 9.44. The van der Waals surface area contributed by atoms with Crippen LogP contribution >= 0.6 is 11.6 Å².